The Hall–Kier alpha value is -0.810. The Labute approximate surface area is 112 Å². The predicted molar refractivity (Wildman–Crippen MR) is 66.9 cm³/mol. The van der Waals surface area contributed by atoms with Crippen LogP contribution in [0.1, 0.15) is 6.92 Å². The Bertz CT molecular complexity index is 121. The van der Waals surface area contributed by atoms with Crippen LogP contribution in [-0.4, -0.2) is 89.8 Å². The molecule has 0 atom stereocenters. The molecule has 0 bridgehead atoms. The summed E-state index contributed by atoms with van der Waals surface area (Å²) in [6.07, 6.45) is 0. The Kier molecular flexibility index (Phi) is 42.6. The van der Waals surface area contributed by atoms with E-state index in [0.29, 0.717) is 26.4 Å². The van der Waals surface area contributed by atoms with Crippen molar-refractivity contribution in [1.82, 2.24) is 0 Å². The fraction of sp³-hybridized carbons (Fsp3) is 0.900. The number of rotatable bonds is 8. The molecule has 7 N–H and O–H groups in total. The zero-order valence-electron chi connectivity index (χ0n) is 11.1. The molecule has 0 spiro atoms. The molecule has 0 aromatic rings. The zero-order chi connectivity index (χ0) is 14.6. The smallest absolute Gasteiger partial charge is 0.300 e. The van der Waals surface area contributed by atoms with Gasteiger partial charge >= 0.3 is 0 Å². The first-order chi connectivity index (χ1) is 8.56. The van der Waals surface area contributed by atoms with Gasteiger partial charge in [0.25, 0.3) is 5.97 Å². The highest BCUT2D eigenvalue weighted by Gasteiger charge is 1.80. The molecular formula is C10H26O9. The van der Waals surface area contributed by atoms with E-state index in [9.17, 15) is 0 Å². The van der Waals surface area contributed by atoms with Crippen LogP contribution in [0.5, 0.6) is 0 Å². The van der Waals surface area contributed by atoms with Gasteiger partial charge in [0.05, 0.1) is 52.9 Å². The zero-order valence-corrected chi connectivity index (χ0v) is 11.1. The lowest BCUT2D eigenvalue weighted by Gasteiger charge is -1.94. The molecule has 0 unspecified atom stereocenters. The van der Waals surface area contributed by atoms with Crippen LogP contribution in [0.4, 0.5) is 0 Å². The van der Waals surface area contributed by atoms with Crippen molar-refractivity contribution in [2.75, 3.05) is 52.9 Å². The SMILES string of the molecule is CC(=O)O.O.OCCOCCO.OCCOCCO. The van der Waals surface area contributed by atoms with Gasteiger partial charge in [-0.2, -0.15) is 0 Å². The molecule has 120 valence electrons. The second-order valence-corrected chi connectivity index (χ2v) is 2.64. The second kappa shape index (κ2) is 30.3. The lowest BCUT2D eigenvalue weighted by molar-refractivity contribution is -0.134. The Morgan fingerprint density at radius 3 is 1.05 bits per heavy atom. The molecule has 0 radical (unpaired) electrons. The van der Waals surface area contributed by atoms with Crippen LogP contribution in [0, 0.1) is 0 Å². The van der Waals surface area contributed by atoms with Crippen LogP contribution in [0.3, 0.4) is 0 Å². The molecule has 0 aromatic carbocycles. The third-order valence-electron chi connectivity index (χ3n) is 0.942. The largest absolute Gasteiger partial charge is 0.481 e. The van der Waals surface area contributed by atoms with E-state index in [1.54, 1.807) is 0 Å². The van der Waals surface area contributed by atoms with Crippen molar-refractivity contribution in [3.8, 4) is 0 Å². The van der Waals surface area contributed by atoms with E-state index in [1.807, 2.05) is 0 Å². The number of ether oxygens (including phenoxy) is 2. The van der Waals surface area contributed by atoms with Gasteiger partial charge in [-0.15, -0.1) is 0 Å². The number of carbonyl (C=O) groups is 1. The molecule has 0 aliphatic rings. The van der Waals surface area contributed by atoms with Crippen molar-refractivity contribution in [2.24, 2.45) is 0 Å². The summed E-state index contributed by atoms with van der Waals surface area (Å²) in [5.41, 5.74) is 0. The molecule has 9 heteroatoms. The first-order valence-electron chi connectivity index (χ1n) is 5.35. The van der Waals surface area contributed by atoms with Crippen molar-refractivity contribution in [1.29, 1.82) is 0 Å². The summed E-state index contributed by atoms with van der Waals surface area (Å²) in [7, 11) is 0. The van der Waals surface area contributed by atoms with Crippen LogP contribution in [0.15, 0.2) is 0 Å². The van der Waals surface area contributed by atoms with Gasteiger partial charge in [0, 0.05) is 6.92 Å². The highest BCUT2D eigenvalue weighted by Crippen LogP contribution is 1.68. The summed E-state index contributed by atoms with van der Waals surface area (Å²) in [5.74, 6) is -0.833. The quantitative estimate of drug-likeness (QED) is 0.299. The molecule has 0 rings (SSSR count). The topological polar surface area (TPSA) is 168 Å². The van der Waals surface area contributed by atoms with Gasteiger partial charge in [-0.05, 0) is 0 Å². The molecule has 0 aromatic heterocycles. The first-order valence-corrected chi connectivity index (χ1v) is 5.35. The third-order valence-corrected chi connectivity index (χ3v) is 0.942. The van der Waals surface area contributed by atoms with E-state index in [0.717, 1.165) is 6.92 Å². The fourth-order valence-corrected chi connectivity index (χ4v) is 0.462. The standard InChI is InChI=1S/2C4H10O3.C2H4O2.H2O/c2*5-1-3-7-4-2-6;1-2(3)4;/h2*5-6H,1-4H2;1H3,(H,3,4);1H2. The summed E-state index contributed by atoms with van der Waals surface area (Å²) in [6.45, 7) is 2.47. The molecule has 0 saturated heterocycles. The maximum atomic E-state index is 9.00. The van der Waals surface area contributed by atoms with Gasteiger partial charge < -0.3 is 40.5 Å². The number of aliphatic hydroxyl groups excluding tert-OH is 4. The van der Waals surface area contributed by atoms with E-state index in [-0.39, 0.29) is 31.9 Å². The lowest BCUT2D eigenvalue weighted by atomic mass is 10.7. The first kappa shape index (κ1) is 26.7. The van der Waals surface area contributed by atoms with Gasteiger partial charge in [-0.1, -0.05) is 0 Å². The lowest BCUT2D eigenvalue weighted by Crippen LogP contribution is -2.03. The van der Waals surface area contributed by atoms with Crippen LogP contribution in [0.2, 0.25) is 0 Å². The summed E-state index contributed by atoms with van der Waals surface area (Å²) < 4.78 is 9.26. The minimum absolute atomic E-state index is 0. The summed E-state index contributed by atoms with van der Waals surface area (Å²) in [5, 5.41) is 39.8. The molecule has 0 aliphatic heterocycles. The summed E-state index contributed by atoms with van der Waals surface area (Å²) >= 11 is 0. The minimum atomic E-state index is -0.833. The Balaban J connectivity index is -0.0000000900. The average molecular weight is 290 g/mol. The van der Waals surface area contributed by atoms with Gasteiger partial charge in [0.1, 0.15) is 0 Å². The van der Waals surface area contributed by atoms with E-state index in [1.165, 1.54) is 0 Å². The van der Waals surface area contributed by atoms with E-state index < -0.39 is 5.97 Å². The normalized spacial score (nSPS) is 8.26. The number of carboxylic acids is 1. The predicted octanol–water partition coefficient (Wildman–Crippen LogP) is -2.76. The fourth-order valence-electron chi connectivity index (χ4n) is 0.462. The number of carboxylic acid groups (broad SMARTS) is 1. The molecule has 19 heavy (non-hydrogen) atoms. The number of hydrogen-bond donors (Lipinski definition) is 5. The summed E-state index contributed by atoms with van der Waals surface area (Å²) in [4.78, 5) is 9.00. The van der Waals surface area contributed by atoms with Gasteiger partial charge in [-0.25, -0.2) is 0 Å². The van der Waals surface area contributed by atoms with Crippen LogP contribution in [-0.2, 0) is 14.3 Å². The maximum absolute atomic E-state index is 9.00. The molecular weight excluding hydrogens is 264 g/mol. The van der Waals surface area contributed by atoms with Crippen molar-refractivity contribution in [3.05, 3.63) is 0 Å². The van der Waals surface area contributed by atoms with Crippen molar-refractivity contribution in [3.63, 3.8) is 0 Å². The second-order valence-electron chi connectivity index (χ2n) is 2.64. The van der Waals surface area contributed by atoms with E-state index in [2.05, 4.69) is 9.47 Å². The highest BCUT2D eigenvalue weighted by molar-refractivity contribution is 5.62. The maximum Gasteiger partial charge on any atom is 0.300 e. The molecule has 0 aliphatic carbocycles. The summed E-state index contributed by atoms with van der Waals surface area (Å²) in [6, 6.07) is 0. The van der Waals surface area contributed by atoms with Crippen LogP contribution >= 0.6 is 0 Å². The van der Waals surface area contributed by atoms with Gasteiger partial charge in [-0.3, -0.25) is 4.79 Å². The van der Waals surface area contributed by atoms with Gasteiger partial charge in [0.2, 0.25) is 0 Å². The van der Waals surface area contributed by atoms with E-state index in [4.69, 9.17) is 30.3 Å². The molecule has 0 amide bonds. The monoisotopic (exact) mass is 290 g/mol. The van der Waals surface area contributed by atoms with Crippen molar-refractivity contribution >= 4 is 5.97 Å². The Morgan fingerprint density at radius 2 is 0.947 bits per heavy atom. The van der Waals surface area contributed by atoms with Crippen molar-refractivity contribution in [2.45, 2.75) is 6.92 Å². The number of aliphatic hydroxyl groups is 4. The number of hydrogen-bond acceptors (Lipinski definition) is 7. The van der Waals surface area contributed by atoms with Crippen LogP contribution in [0.25, 0.3) is 0 Å². The molecule has 0 heterocycles. The van der Waals surface area contributed by atoms with Crippen LogP contribution < -0.4 is 0 Å². The molecule has 0 fully saturated rings. The van der Waals surface area contributed by atoms with Crippen molar-refractivity contribution < 1.29 is 45.3 Å². The average Bonchev–Trinajstić information content (AvgIpc) is 2.31. The highest BCUT2D eigenvalue weighted by atomic mass is 16.5. The molecule has 9 nitrogen and oxygen atoms in total. The third kappa shape index (κ3) is 76.7. The minimum Gasteiger partial charge on any atom is -0.481 e. The Morgan fingerprint density at radius 1 is 0.789 bits per heavy atom. The van der Waals surface area contributed by atoms with Gasteiger partial charge in [0.15, 0.2) is 0 Å². The number of aliphatic carboxylic acids is 1. The van der Waals surface area contributed by atoms with E-state index >= 15 is 0 Å². The molecule has 0 saturated carbocycles.